The molecule has 0 bridgehead atoms. The van der Waals surface area contributed by atoms with Crippen molar-refractivity contribution in [2.75, 3.05) is 0 Å². The number of rotatable bonds is 4. The van der Waals surface area contributed by atoms with E-state index in [1.165, 1.54) is 34.9 Å². The SMILES string of the molecule is Cc1cc(C)cc(-n2c(O)c(N=Nc3ccc(C=C4NC(=O)NC4=O)cc3O)c3ccc(C(F)(F)F)cc32)c1. The number of alkyl halides is 3. The zero-order valence-electron chi connectivity index (χ0n) is 20.5. The lowest BCUT2D eigenvalue weighted by molar-refractivity contribution is -0.137. The van der Waals surface area contributed by atoms with Gasteiger partial charge in [0.25, 0.3) is 5.91 Å². The van der Waals surface area contributed by atoms with Crippen molar-refractivity contribution >= 4 is 40.3 Å². The van der Waals surface area contributed by atoms with E-state index < -0.39 is 29.6 Å². The van der Waals surface area contributed by atoms with Crippen LogP contribution in [0.3, 0.4) is 0 Å². The highest BCUT2D eigenvalue weighted by atomic mass is 19.4. The maximum atomic E-state index is 13.5. The Labute approximate surface area is 218 Å². The molecule has 1 aliphatic rings. The number of aryl methyl sites for hydroxylation is 2. The van der Waals surface area contributed by atoms with Crippen molar-refractivity contribution in [2.45, 2.75) is 20.0 Å². The third-order valence-electron chi connectivity index (χ3n) is 6.00. The fourth-order valence-corrected chi connectivity index (χ4v) is 4.34. The molecule has 4 aromatic rings. The van der Waals surface area contributed by atoms with E-state index >= 15 is 0 Å². The first-order valence-corrected chi connectivity index (χ1v) is 11.5. The standard InChI is InChI=1S/C27H20F3N5O4/c1-13-7-14(2)9-17(8-13)35-21-12-16(27(28,29)30)4-5-18(21)23(25(35)38)34-33-19-6-3-15(11-22(19)36)10-20-24(37)32-26(39)31-20/h3-12,36,38H,1-2H3,(H2,31,32,37,39). The summed E-state index contributed by atoms with van der Waals surface area (Å²) in [4.78, 5) is 23.0. The van der Waals surface area contributed by atoms with Crippen molar-refractivity contribution in [3.63, 3.8) is 0 Å². The minimum absolute atomic E-state index is 0.00359. The summed E-state index contributed by atoms with van der Waals surface area (Å²) in [6.45, 7) is 3.66. The number of halogens is 3. The molecule has 0 aliphatic carbocycles. The number of nitrogens with one attached hydrogen (secondary N) is 2. The topological polar surface area (TPSA) is 128 Å². The molecule has 1 aromatic heterocycles. The number of phenolic OH excluding ortho intramolecular Hbond substituents is 1. The summed E-state index contributed by atoms with van der Waals surface area (Å²) < 4.78 is 41.8. The second-order valence-corrected chi connectivity index (χ2v) is 9.00. The maximum absolute atomic E-state index is 13.5. The van der Waals surface area contributed by atoms with Crippen molar-refractivity contribution in [2.24, 2.45) is 10.2 Å². The van der Waals surface area contributed by atoms with Crippen molar-refractivity contribution in [3.8, 4) is 17.3 Å². The first-order valence-electron chi connectivity index (χ1n) is 11.5. The number of azo groups is 1. The van der Waals surface area contributed by atoms with Crippen LogP contribution in [0.1, 0.15) is 22.3 Å². The number of carbonyl (C=O) groups is 2. The fourth-order valence-electron chi connectivity index (χ4n) is 4.34. The molecule has 0 radical (unpaired) electrons. The smallest absolute Gasteiger partial charge is 0.416 e. The Morgan fingerprint density at radius 2 is 1.62 bits per heavy atom. The molecule has 0 spiro atoms. The number of carbonyl (C=O) groups excluding carboxylic acids is 2. The van der Waals surface area contributed by atoms with Crippen molar-refractivity contribution in [1.82, 2.24) is 15.2 Å². The second-order valence-electron chi connectivity index (χ2n) is 9.00. The summed E-state index contributed by atoms with van der Waals surface area (Å²) >= 11 is 0. The van der Waals surface area contributed by atoms with Gasteiger partial charge in [-0.1, -0.05) is 12.1 Å². The minimum Gasteiger partial charge on any atom is -0.506 e. The number of aromatic nitrogens is 1. The Balaban J connectivity index is 1.59. The molecule has 1 fully saturated rings. The third-order valence-corrected chi connectivity index (χ3v) is 6.00. The van der Waals surface area contributed by atoms with E-state index in [1.54, 1.807) is 12.1 Å². The Morgan fingerprint density at radius 1 is 0.897 bits per heavy atom. The average Bonchev–Trinajstić information content (AvgIpc) is 3.30. The highest BCUT2D eigenvalue weighted by Crippen LogP contribution is 2.44. The molecular weight excluding hydrogens is 515 g/mol. The molecule has 5 rings (SSSR count). The molecule has 0 atom stereocenters. The molecule has 4 N–H and O–H groups in total. The van der Waals surface area contributed by atoms with Gasteiger partial charge in [0.15, 0.2) is 5.69 Å². The second kappa shape index (κ2) is 9.31. The van der Waals surface area contributed by atoms with Gasteiger partial charge >= 0.3 is 12.2 Å². The largest absolute Gasteiger partial charge is 0.506 e. The monoisotopic (exact) mass is 535 g/mol. The minimum atomic E-state index is -4.60. The van der Waals surface area contributed by atoms with Gasteiger partial charge in [0.2, 0.25) is 5.88 Å². The van der Waals surface area contributed by atoms with Gasteiger partial charge in [-0.3, -0.25) is 14.7 Å². The van der Waals surface area contributed by atoms with Crippen LogP contribution in [0.4, 0.5) is 29.3 Å². The zero-order chi connectivity index (χ0) is 28.1. The molecule has 0 saturated carbocycles. The lowest BCUT2D eigenvalue weighted by Crippen LogP contribution is -2.22. The highest BCUT2D eigenvalue weighted by Gasteiger charge is 2.32. The van der Waals surface area contributed by atoms with Gasteiger partial charge in [-0.05, 0) is 79.1 Å². The number of hydrogen-bond acceptors (Lipinski definition) is 6. The molecular formula is C27H20F3N5O4. The molecule has 3 aromatic carbocycles. The number of aromatic hydroxyl groups is 2. The highest BCUT2D eigenvalue weighted by molar-refractivity contribution is 6.14. The number of amides is 3. The average molecular weight is 535 g/mol. The molecule has 0 unspecified atom stereocenters. The zero-order valence-corrected chi connectivity index (χ0v) is 20.5. The van der Waals surface area contributed by atoms with E-state index in [4.69, 9.17) is 0 Å². The van der Waals surface area contributed by atoms with Gasteiger partial charge < -0.3 is 15.5 Å². The van der Waals surface area contributed by atoms with E-state index in [9.17, 15) is 33.0 Å². The van der Waals surface area contributed by atoms with E-state index in [2.05, 4.69) is 20.9 Å². The Bertz CT molecular complexity index is 1720. The number of phenols is 1. The summed E-state index contributed by atoms with van der Waals surface area (Å²) in [7, 11) is 0. The Morgan fingerprint density at radius 3 is 2.23 bits per heavy atom. The summed E-state index contributed by atoms with van der Waals surface area (Å²) in [5.41, 5.74) is 1.60. The Hall–Kier alpha value is -5.13. The van der Waals surface area contributed by atoms with E-state index in [-0.39, 0.29) is 33.7 Å². The number of hydrogen-bond donors (Lipinski definition) is 4. The molecule has 39 heavy (non-hydrogen) atoms. The molecule has 198 valence electrons. The van der Waals surface area contributed by atoms with Gasteiger partial charge in [0.1, 0.15) is 17.1 Å². The van der Waals surface area contributed by atoms with Crippen LogP contribution < -0.4 is 10.6 Å². The van der Waals surface area contributed by atoms with Gasteiger partial charge in [0, 0.05) is 11.1 Å². The molecule has 1 aliphatic heterocycles. The quantitative estimate of drug-likeness (QED) is 0.139. The molecule has 12 heteroatoms. The maximum Gasteiger partial charge on any atom is 0.416 e. The molecule has 3 amide bonds. The lowest BCUT2D eigenvalue weighted by Gasteiger charge is -2.11. The summed E-state index contributed by atoms with van der Waals surface area (Å²) in [5, 5.41) is 34.3. The van der Waals surface area contributed by atoms with Gasteiger partial charge in [-0.25, -0.2) is 4.79 Å². The van der Waals surface area contributed by atoms with Crippen LogP contribution in [0.25, 0.3) is 22.7 Å². The molecule has 2 heterocycles. The third kappa shape index (κ3) is 4.91. The fraction of sp³-hybridized carbons (Fsp3) is 0.111. The number of nitrogens with zero attached hydrogens (tertiary/aromatic N) is 3. The predicted octanol–water partition coefficient (Wildman–Crippen LogP) is 6.27. The number of fused-ring (bicyclic) bond motifs is 1. The van der Waals surface area contributed by atoms with E-state index in [1.807, 2.05) is 19.9 Å². The first-order chi connectivity index (χ1) is 18.4. The summed E-state index contributed by atoms with van der Waals surface area (Å²) in [5.74, 6) is -1.37. The van der Waals surface area contributed by atoms with Crippen molar-refractivity contribution < 1.29 is 33.0 Å². The van der Waals surface area contributed by atoms with E-state index in [0.717, 1.165) is 23.3 Å². The summed E-state index contributed by atoms with van der Waals surface area (Å²) in [6, 6.07) is 11.9. The summed E-state index contributed by atoms with van der Waals surface area (Å²) in [6.07, 6.45) is -3.25. The Kier molecular flexibility index (Phi) is 6.09. The van der Waals surface area contributed by atoms with Crippen molar-refractivity contribution in [1.29, 1.82) is 0 Å². The van der Waals surface area contributed by atoms with Gasteiger partial charge in [-0.2, -0.15) is 13.2 Å². The van der Waals surface area contributed by atoms with Crippen molar-refractivity contribution in [3.05, 3.63) is 82.5 Å². The number of benzene rings is 3. The van der Waals surface area contributed by atoms with Crippen LogP contribution in [0.2, 0.25) is 0 Å². The molecule has 1 saturated heterocycles. The van der Waals surface area contributed by atoms with Crippen LogP contribution in [0.5, 0.6) is 11.6 Å². The van der Waals surface area contributed by atoms with Gasteiger partial charge in [0.05, 0.1) is 11.1 Å². The predicted molar refractivity (Wildman–Crippen MR) is 136 cm³/mol. The number of imide groups is 1. The van der Waals surface area contributed by atoms with E-state index in [0.29, 0.717) is 11.3 Å². The normalized spacial score (nSPS) is 14.9. The first kappa shape index (κ1) is 25.5. The van der Waals surface area contributed by atoms with Crippen LogP contribution in [0, 0.1) is 13.8 Å². The van der Waals surface area contributed by atoms with Gasteiger partial charge in [-0.15, -0.1) is 10.2 Å². The number of urea groups is 1. The van der Waals surface area contributed by atoms with Crippen LogP contribution in [0.15, 0.2) is 70.5 Å². The van der Waals surface area contributed by atoms with Crippen LogP contribution >= 0.6 is 0 Å². The van der Waals surface area contributed by atoms with Crippen LogP contribution in [-0.2, 0) is 11.0 Å². The van der Waals surface area contributed by atoms with Crippen LogP contribution in [-0.4, -0.2) is 26.7 Å². The lowest BCUT2D eigenvalue weighted by atomic mass is 10.1. The molecule has 9 nitrogen and oxygen atoms in total.